The summed E-state index contributed by atoms with van der Waals surface area (Å²) in [7, 11) is -2.60. The summed E-state index contributed by atoms with van der Waals surface area (Å²) in [6, 6.07) is 0. The van der Waals surface area contributed by atoms with Crippen molar-refractivity contribution in [3.05, 3.63) is 12.7 Å². The molecule has 12 heavy (non-hydrogen) atoms. The zero-order valence-electron chi connectivity index (χ0n) is 5.84. The van der Waals surface area contributed by atoms with Crippen LogP contribution >= 0.6 is 0 Å². The number of carboxylic acid groups (broad SMARTS) is 1. The summed E-state index contributed by atoms with van der Waals surface area (Å²) in [5.41, 5.74) is 4.17. The standard InChI is InChI=1S/C3H4O2.CH3NO.ClHO3/c1-2-3(4)5;2-1-3;2-1(3)4/h2H,1H2,(H,4,5);1H,(H2,2,3);2H. The highest BCUT2D eigenvalue weighted by molar-refractivity contribution is 5.78. The molecule has 0 aromatic rings. The summed E-state index contributed by atoms with van der Waals surface area (Å²) in [5, 5.41) is 7.60. The van der Waals surface area contributed by atoms with Gasteiger partial charge in [-0.05, 0) is 0 Å². The first-order valence-electron chi connectivity index (χ1n) is 2.17. The molecule has 4 N–H and O–H groups in total. The Labute approximate surface area is 71.1 Å². The van der Waals surface area contributed by atoms with Crippen LogP contribution < -0.4 is 15.1 Å². The Morgan fingerprint density at radius 3 is 1.67 bits per heavy atom. The van der Waals surface area contributed by atoms with E-state index < -0.39 is 16.8 Å². The molecule has 0 rings (SSSR count). The van der Waals surface area contributed by atoms with E-state index in [2.05, 4.69) is 12.3 Å². The summed E-state index contributed by atoms with van der Waals surface area (Å²) in [5.74, 6) is -0.981. The van der Waals surface area contributed by atoms with Gasteiger partial charge >= 0.3 is 5.97 Å². The number of carbonyl (C=O) groups is 2. The van der Waals surface area contributed by atoms with Crippen LogP contribution in [0.5, 0.6) is 0 Å². The molecule has 72 valence electrons. The van der Waals surface area contributed by atoms with Crippen molar-refractivity contribution < 1.29 is 39.5 Å². The summed E-state index contributed by atoms with van der Waals surface area (Å²) in [6.45, 7) is 2.96. The molecule has 0 aliphatic rings. The summed E-state index contributed by atoms with van der Waals surface area (Å²) in [6.07, 6.45) is 1.08. The molecule has 0 heterocycles. The fourth-order valence-corrected chi connectivity index (χ4v) is 0. The van der Waals surface area contributed by atoms with E-state index in [1.165, 1.54) is 0 Å². The van der Waals surface area contributed by atoms with Gasteiger partial charge < -0.3 is 20.2 Å². The number of amides is 1. The predicted molar refractivity (Wildman–Crippen MR) is 30.3 cm³/mol. The van der Waals surface area contributed by atoms with Gasteiger partial charge in [0.25, 0.3) is 10.8 Å². The lowest BCUT2D eigenvalue weighted by molar-refractivity contribution is -1.63. The number of aliphatic carboxylic acids is 1. The third kappa shape index (κ3) is 755. The molecule has 7 nitrogen and oxygen atoms in total. The van der Waals surface area contributed by atoms with Gasteiger partial charge in [0.15, 0.2) is 0 Å². The molecular weight excluding hydrogens is 193 g/mol. The monoisotopic (exact) mass is 201 g/mol. The van der Waals surface area contributed by atoms with E-state index in [4.69, 9.17) is 23.9 Å². The predicted octanol–water partition coefficient (Wildman–Crippen LogP) is -3.58. The van der Waals surface area contributed by atoms with Gasteiger partial charge in [-0.15, -0.1) is 0 Å². The van der Waals surface area contributed by atoms with Gasteiger partial charge in [-0.3, -0.25) is 4.79 Å². The van der Waals surface area contributed by atoms with Gasteiger partial charge in [0.2, 0.25) is 6.41 Å². The Morgan fingerprint density at radius 2 is 1.67 bits per heavy atom. The van der Waals surface area contributed by atoms with E-state index in [0.717, 1.165) is 6.08 Å². The van der Waals surface area contributed by atoms with Gasteiger partial charge in [-0.2, -0.15) is 0 Å². The molecule has 0 aromatic carbocycles. The minimum absolute atomic E-state index is 0.250. The second-order valence-corrected chi connectivity index (χ2v) is 1.28. The van der Waals surface area contributed by atoms with Crippen LogP contribution in [0.25, 0.3) is 0 Å². The SMILES string of the molecule is C=CC(=O)O.NC=O.[O-][Cl+2]([O-])O. The normalized spacial score (nSPS) is 6.67. The van der Waals surface area contributed by atoms with Gasteiger partial charge in [0, 0.05) is 10.7 Å². The molecule has 1 amide bonds. The first kappa shape index (κ1) is 17.1. The van der Waals surface area contributed by atoms with Crippen molar-refractivity contribution in [2.75, 3.05) is 0 Å². The fraction of sp³-hybridized carbons (Fsp3) is 0. The molecule has 0 bridgehead atoms. The van der Waals surface area contributed by atoms with E-state index in [1.807, 2.05) is 0 Å². The van der Waals surface area contributed by atoms with Crippen molar-refractivity contribution in [1.29, 1.82) is 0 Å². The minimum Gasteiger partial charge on any atom is -0.478 e. The highest BCUT2D eigenvalue weighted by atomic mass is 35.6. The average Bonchev–Trinajstić information content (AvgIpc) is 1.88. The van der Waals surface area contributed by atoms with Crippen molar-refractivity contribution in [2.24, 2.45) is 5.73 Å². The molecule has 0 spiro atoms. The van der Waals surface area contributed by atoms with Crippen LogP contribution in [0.1, 0.15) is 0 Å². The van der Waals surface area contributed by atoms with Crippen LogP contribution in [0.15, 0.2) is 12.7 Å². The number of hydrogen-bond acceptors (Lipinski definition) is 5. The number of rotatable bonds is 1. The van der Waals surface area contributed by atoms with E-state index in [1.54, 1.807) is 0 Å². The summed E-state index contributed by atoms with van der Waals surface area (Å²) < 4.78 is 24.0. The lowest BCUT2D eigenvalue weighted by Gasteiger charge is -1.72. The third-order valence-corrected chi connectivity index (χ3v) is 0.175. The number of nitrogens with two attached hydrogens (primary N) is 1. The van der Waals surface area contributed by atoms with E-state index >= 15 is 0 Å². The Kier molecular flexibility index (Phi) is 23.4. The van der Waals surface area contributed by atoms with Gasteiger partial charge in [-0.1, -0.05) is 6.58 Å². The second kappa shape index (κ2) is 16.4. The van der Waals surface area contributed by atoms with Crippen molar-refractivity contribution in [2.45, 2.75) is 0 Å². The number of carboxylic acids is 1. The molecule has 0 aliphatic carbocycles. The lowest BCUT2D eigenvalue weighted by Crippen LogP contribution is -2.30. The quantitative estimate of drug-likeness (QED) is 0.295. The zero-order chi connectivity index (χ0) is 10.6. The molecular formula is C4H8ClNO6. The molecule has 0 radical (unpaired) electrons. The van der Waals surface area contributed by atoms with E-state index in [0.29, 0.717) is 0 Å². The molecule has 0 aromatic heterocycles. The topological polar surface area (TPSA) is 147 Å². The molecule has 0 unspecified atom stereocenters. The number of halogens is 1. The van der Waals surface area contributed by atoms with Crippen LogP contribution in [0, 0.1) is 10.8 Å². The lowest BCUT2D eigenvalue weighted by atomic mass is 10.7. The average molecular weight is 202 g/mol. The molecule has 0 saturated heterocycles. The van der Waals surface area contributed by atoms with E-state index in [-0.39, 0.29) is 6.41 Å². The minimum atomic E-state index is -2.60. The molecule has 0 atom stereocenters. The molecule has 0 saturated carbocycles. The number of primary amides is 1. The maximum atomic E-state index is 9.25. The van der Waals surface area contributed by atoms with Crippen molar-refractivity contribution in [3.8, 4) is 0 Å². The Balaban J connectivity index is -0.000000105. The fourth-order valence-electron chi connectivity index (χ4n) is 0. The van der Waals surface area contributed by atoms with Crippen LogP contribution in [0.3, 0.4) is 0 Å². The smallest absolute Gasteiger partial charge is 0.327 e. The molecule has 0 fully saturated rings. The van der Waals surface area contributed by atoms with Crippen LogP contribution in [0.4, 0.5) is 0 Å². The highest BCUT2D eigenvalue weighted by Gasteiger charge is 1.79. The Bertz CT molecular complexity index is 124. The van der Waals surface area contributed by atoms with Crippen LogP contribution in [0.2, 0.25) is 0 Å². The van der Waals surface area contributed by atoms with Gasteiger partial charge in [0.05, 0.1) is 0 Å². The molecule has 0 aliphatic heterocycles. The summed E-state index contributed by atoms with van der Waals surface area (Å²) >= 11 is 0. The first-order chi connectivity index (χ1) is 5.42. The maximum Gasteiger partial charge on any atom is 0.327 e. The Hall–Kier alpha value is -1.15. The van der Waals surface area contributed by atoms with Crippen molar-refractivity contribution in [3.63, 3.8) is 0 Å². The highest BCUT2D eigenvalue weighted by Crippen LogP contribution is 1.54. The largest absolute Gasteiger partial charge is 0.478 e. The second-order valence-electron chi connectivity index (χ2n) is 0.879. The van der Waals surface area contributed by atoms with Crippen LogP contribution in [-0.2, 0) is 9.59 Å². The van der Waals surface area contributed by atoms with E-state index in [9.17, 15) is 4.79 Å². The number of hydrogen-bond donors (Lipinski definition) is 3. The van der Waals surface area contributed by atoms with Gasteiger partial charge in [0.1, 0.15) is 0 Å². The third-order valence-electron chi connectivity index (χ3n) is 0.175. The van der Waals surface area contributed by atoms with Crippen molar-refractivity contribution in [1.82, 2.24) is 0 Å². The van der Waals surface area contributed by atoms with Crippen molar-refractivity contribution >= 4 is 12.4 Å². The maximum absolute atomic E-state index is 9.25. The molecule has 8 heteroatoms. The zero-order valence-corrected chi connectivity index (χ0v) is 6.60. The summed E-state index contributed by atoms with van der Waals surface area (Å²) in [4.78, 5) is 17.8. The Morgan fingerprint density at radius 1 is 1.58 bits per heavy atom. The van der Waals surface area contributed by atoms with Crippen LogP contribution in [-0.4, -0.2) is 22.1 Å². The first-order valence-corrected chi connectivity index (χ1v) is 3.13. The van der Waals surface area contributed by atoms with Gasteiger partial charge in [-0.25, -0.2) is 4.79 Å². The number of carbonyl (C=O) groups excluding carboxylic acids is 1.